The van der Waals surface area contributed by atoms with Gasteiger partial charge in [-0.25, -0.2) is 0 Å². The van der Waals surface area contributed by atoms with Crippen molar-refractivity contribution in [3.05, 3.63) is 0 Å². The minimum Gasteiger partial charge on any atom is -0.378 e. The van der Waals surface area contributed by atoms with Gasteiger partial charge in [0.2, 0.25) is 0 Å². The van der Waals surface area contributed by atoms with Crippen LogP contribution in [-0.4, -0.2) is 43.0 Å². The monoisotopic (exact) mass is 213 g/mol. The molecule has 1 aliphatic rings. The number of carbonyl (C=O) groups is 1. The summed E-state index contributed by atoms with van der Waals surface area (Å²) in [5.74, 6) is 0. The predicted molar refractivity (Wildman–Crippen MR) is 61.0 cm³/mol. The van der Waals surface area contributed by atoms with Gasteiger partial charge in [0.05, 0.1) is 5.60 Å². The summed E-state index contributed by atoms with van der Waals surface area (Å²) in [5, 5.41) is 0. The van der Waals surface area contributed by atoms with Gasteiger partial charge in [-0.1, -0.05) is 0 Å². The quantitative estimate of drug-likeness (QED) is 0.668. The first-order chi connectivity index (χ1) is 7.13. The van der Waals surface area contributed by atoms with Crippen molar-refractivity contribution in [2.75, 3.05) is 20.2 Å². The SMILES string of the molecule is COC1(CC=O)CCCN(C(C)C)CC1. The molecule has 3 heteroatoms. The van der Waals surface area contributed by atoms with E-state index in [2.05, 4.69) is 18.7 Å². The topological polar surface area (TPSA) is 29.5 Å². The van der Waals surface area contributed by atoms with Gasteiger partial charge >= 0.3 is 0 Å². The number of nitrogens with zero attached hydrogens (tertiary/aromatic N) is 1. The van der Waals surface area contributed by atoms with E-state index in [9.17, 15) is 4.79 Å². The summed E-state index contributed by atoms with van der Waals surface area (Å²) in [5.41, 5.74) is -0.189. The summed E-state index contributed by atoms with van der Waals surface area (Å²) in [6.07, 6.45) is 4.63. The van der Waals surface area contributed by atoms with E-state index in [0.29, 0.717) is 12.5 Å². The van der Waals surface area contributed by atoms with Crippen LogP contribution >= 0.6 is 0 Å². The van der Waals surface area contributed by atoms with Crippen LogP contribution in [0.5, 0.6) is 0 Å². The minimum absolute atomic E-state index is 0.189. The molecular formula is C12H23NO2. The molecule has 1 saturated heterocycles. The van der Waals surface area contributed by atoms with E-state index in [1.165, 1.54) is 0 Å². The van der Waals surface area contributed by atoms with E-state index in [1.54, 1.807) is 7.11 Å². The minimum atomic E-state index is -0.189. The van der Waals surface area contributed by atoms with Crippen molar-refractivity contribution in [2.24, 2.45) is 0 Å². The molecule has 1 rings (SSSR count). The maximum absolute atomic E-state index is 10.7. The molecule has 0 radical (unpaired) electrons. The van der Waals surface area contributed by atoms with Crippen LogP contribution in [-0.2, 0) is 9.53 Å². The molecule has 0 spiro atoms. The van der Waals surface area contributed by atoms with Crippen molar-refractivity contribution in [3.8, 4) is 0 Å². The van der Waals surface area contributed by atoms with E-state index in [-0.39, 0.29) is 5.60 Å². The summed E-state index contributed by atoms with van der Waals surface area (Å²) >= 11 is 0. The molecular weight excluding hydrogens is 190 g/mol. The zero-order valence-corrected chi connectivity index (χ0v) is 10.2. The van der Waals surface area contributed by atoms with Crippen LogP contribution in [0.25, 0.3) is 0 Å². The summed E-state index contributed by atoms with van der Waals surface area (Å²) < 4.78 is 5.57. The standard InChI is InChI=1S/C12H23NO2/c1-11(2)13-8-4-5-12(15-3,6-9-13)7-10-14/h10-11H,4-9H2,1-3H3. The van der Waals surface area contributed by atoms with E-state index in [4.69, 9.17) is 4.74 Å². The number of methoxy groups -OCH3 is 1. The number of carbonyl (C=O) groups excluding carboxylic acids is 1. The molecule has 0 aromatic heterocycles. The van der Waals surface area contributed by atoms with E-state index >= 15 is 0 Å². The lowest BCUT2D eigenvalue weighted by Crippen LogP contribution is -2.35. The Morgan fingerprint density at radius 1 is 1.40 bits per heavy atom. The molecule has 0 aromatic carbocycles. The summed E-state index contributed by atoms with van der Waals surface area (Å²) in [4.78, 5) is 13.1. The van der Waals surface area contributed by atoms with Gasteiger partial charge < -0.3 is 14.4 Å². The second-order valence-electron chi connectivity index (χ2n) is 4.74. The van der Waals surface area contributed by atoms with E-state index in [0.717, 1.165) is 38.6 Å². The van der Waals surface area contributed by atoms with Gasteiger partial charge in [0.15, 0.2) is 0 Å². The highest BCUT2D eigenvalue weighted by Gasteiger charge is 2.32. The Bertz CT molecular complexity index is 206. The molecule has 15 heavy (non-hydrogen) atoms. The van der Waals surface area contributed by atoms with Crippen LogP contribution in [0.2, 0.25) is 0 Å². The average molecular weight is 213 g/mol. The maximum atomic E-state index is 10.7. The average Bonchev–Trinajstić information content (AvgIpc) is 2.42. The highest BCUT2D eigenvalue weighted by molar-refractivity contribution is 5.51. The third kappa shape index (κ3) is 3.28. The number of likely N-dealkylation sites (tertiary alicyclic amines) is 1. The Morgan fingerprint density at radius 3 is 2.67 bits per heavy atom. The van der Waals surface area contributed by atoms with E-state index < -0.39 is 0 Å². The van der Waals surface area contributed by atoms with Gasteiger partial charge in [0, 0.05) is 26.1 Å². The number of hydrogen-bond acceptors (Lipinski definition) is 3. The normalized spacial score (nSPS) is 29.1. The van der Waals surface area contributed by atoms with Crippen LogP contribution in [0.15, 0.2) is 0 Å². The third-order valence-corrected chi connectivity index (χ3v) is 3.55. The Balaban J connectivity index is 2.59. The molecule has 88 valence electrons. The first-order valence-electron chi connectivity index (χ1n) is 5.86. The first kappa shape index (κ1) is 12.7. The number of ether oxygens (including phenoxy) is 1. The fraction of sp³-hybridized carbons (Fsp3) is 0.917. The molecule has 1 fully saturated rings. The molecule has 0 saturated carbocycles. The molecule has 0 amide bonds. The maximum Gasteiger partial charge on any atom is 0.122 e. The van der Waals surface area contributed by atoms with Gasteiger partial charge in [-0.05, 0) is 39.7 Å². The smallest absolute Gasteiger partial charge is 0.122 e. The highest BCUT2D eigenvalue weighted by atomic mass is 16.5. The zero-order chi connectivity index (χ0) is 11.3. The van der Waals surface area contributed by atoms with Crippen molar-refractivity contribution >= 4 is 6.29 Å². The number of rotatable bonds is 4. The van der Waals surface area contributed by atoms with Crippen molar-refractivity contribution in [3.63, 3.8) is 0 Å². The van der Waals surface area contributed by atoms with Crippen LogP contribution < -0.4 is 0 Å². The van der Waals surface area contributed by atoms with E-state index in [1.807, 2.05) is 0 Å². The first-order valence-corrected chi connectivity index (χ1v) is 5.86. The van der Waals surface area contributed by atoms with Crippen molar-refractivity contribution < 1.29 is 9.53 Å². The zero-order valence-electron chi connectivity index (χ0n) is 10.2. The van der Waals surface area contributed by atoms with Gasteiger partial charge in [-0.2, -0.15) is 0 Å². The molecule has 0 aromatic rings. The van der Waals surface area contributed by atoms with Gasteiger partial charge in [0.1, 0.15) is 6.29 Å². The van der Waals surface area contributed by atoms with Gasteiger partial charge in [0.25, 0.3) is 0 Å². The number of hydrogen-bond donors (Lipinski definition) is 0. The van der Waals surface area contributed by atoms with Gasteiger partial charge in [-0.15, -0.1) is 0 Å². The van der Waals surface area contributed by atoms with Crippen LogP contribution in [0.3, 0.4) is 0 Å². The van der Waals surface area contributed by atoms with Crippen molar-refractivity contribution in [1.29, 1.82) is 0 Å². The molecule has 0 aliphatic carbocycles. The fourth-order valence-electron chi connectivity index (χ4n) is 2.35. The van der Waals surface area contributed by atoms with Crippen LogP contribution in [0.1, 0.15) is 39.5 Å². The summed E-state index contributed by atoms with van der Waals surface area (Å²) in [6.45, 7) is 6.61. The summed E-state index contributed by atoms with van der Waals surface area (Å²) in [6, 6.07) is 0.592. The fourth-order valence-corrected chi connectivity index (χ4v) is 2.35. The van der Waals surface area contributed by atoms with Crippen molar-refractivity contribution in [1.82, 2.24) is 4.90 Å². The van der Waals surface area contributed by atoms with Crippen LogP contribution in [0, 0.1) is 0 Å². The Kier molecular flexibility index (Phi) is 4.74. The lowest BCUT2D eigenvalue weighted by Gasteiger charge is -2.30. The van der Waals surface area contributed by atoms with Crippen LogP contribution in [0.4, 0.5) is 0 Å². The Hall–Kier alpha value is -0.410. The molecule has 0 bridgehead atoms. The Labute approximate surface area is 92.8 Å². The lowest BCUT2D eigenvalue weighted by atomic mass is 9.91. The Morgan fingerprint density at radius 2 is 2.13 bits per heavy atom. The molecule has 1 aliphatic heterocycles. The molecule has 1 heterocycles. The lowest BCUT2D eigenvalue weighted by molar-refractivity contribution is -0.114. The van der Waals surface area contributed by atoms with Gasteiger partial charge in [-0.3, -0.25) is 0 Å². The molecule has 0 N–H and O–H groups in total. The number of aldehydes is 1. The second-order valence-corrected chi connectivity index (χ2v) is 4.74. The second kappa shape index (κ2) is 5.61. The van der Waals surface area contributed by atoms with Crippen molar-refractivity contribution in [2.45, 2.75) is 51.2 Å². The largest absolute Gasteiger partial charge is 0.378 e. The third-order valence-electron chi connectivity index (χ3n) is 3.55. The predicted octanol–water partition coefficient (Wildman–Crippen LogP) is 1.85. The molecule has 1 atom stereocenters. The molecule has 1 unspecified atom stereocenters. The molecule has 3 nitrogen and oxygen atoms in total. The highest BCUT2D eigenvalue weighted by Crippen LogP contribution is 2.28. The summed E-state index contributed by atoms with van der Waals surface area (Å²) in [7, 11) is 1.73.